The minimum absolute atomic E-state index is 0.0854. The van der Waals surface area contributed by atoms with E-state index in [0.29, 0.717) is 0 Å². The zero-order valence-corrected chi connectivity index (χ0v) is 11.6. The molecule has 3 rings (SSSR count). The van der Waals surface area contributed by atoms with Crippen LogP contribution in [0.1, 0.15) is 37.5 Å². The maximum Gasteiger partial charge on any atom is 0.161 e. The molecule has 0 radical (unpaired) electrons. The monoisotopic (exact) mass is 275 g/mol. The quantitative estimate of drug-likeness (QED) is 0.652. The second kappa shape index (κ2) is 5.17. The van der Waals surface area contributed by atoms with E-state index in [4.69, 9.17) is 8.83 Å². The molecular formula is C15H19N2O3+. The number of hydrogen-bond acceptors (Lipinski definition) is 4. The van der Waals surface area contributed by atoms with Crippen LogP contribution < -0.4 is 5.32 Å². The van der Waals surface area contributed by atoms with Crippen LogP contribution >= 0.6 is 0 Å². The van der Waals surface area contributed by atoms with Gasteiger partial charge in [0.05, 0.1) is 30.1 Å². The van der Waals surface area contributed by atoms with Crippen LogP contribution in [0.25, 0.3) is 0 Å². The van der Waals surface area contributed by atoms with E-state index in [1.54, 1.807) is 12.5 Å². The maximum atomic E-state index is 9.38. The molecule has 3 heterocycles. The Hall–Kier alpha value is -2.01. The van der Waals surface area contributed by atoms with Crippen molar-refractivity contribution in [3.63, 3.8) is 0 Å². The average molecular weight is 275 g/mol. The van der Waals surface area contributed by atoms with E-state index in [-0.39, 0.29) is 23.9 Å². The zero-order chi connectivity index (χ0) is 14.1. The van der Waals surface area contributed by atoms with E-state index in [1.807, 2.05) is 24.3 Å². The van der Waals surface area contributed by atoms with Crippen LogP contribution in [0.4, 0.5) is 0 Å². The van der Waals surface area contributed by atoms with E-state index in [1.165, 1.54) is 0 Å². The van der Waals surface area contributed by atoms with E-state index in [9.17, 15) is 5.21 Å². The molecule has 0 bridgehead atoms. The first-order chi connectivity index (χ1) is 9.72. The van der Waals surface area contributed by atoms with Crippen molar-refractivity contribution in [1.29, 1.82) is 0 Å². The normalized spacial score (nSPS) is 30.4. The molecule has 2 aromatic heterocycles. The highest BCUT2D eigenvalue weighted by atomic mass is 16.4. The van der Waals surface area contributed by atoms with E-state index >= 15 is 0 Å². The van der Waals surface area contributed by atoms with Gasteiger partial charge in [-0.2, -0.15) is 0 Å². The van der Waals surface area contributed by atoms with Crippen molar-refractivity contribution in [2.45, 2.75) is 25.9 Å². The predicted molar refractivity (Wildman–Crippen MR) is 72.4 cm³/mol. The van der Waals surface area contributed by atoms with Gasteiger partial charge in [-0.3, -0.25) is 0 Å². The van der Waals surface area contributed by atoms with Crippen LogP contribution in [0.3, 0.4) is 0 Å². The smallest absolute Gasteiger partial charge is 0.161 e. The Morgan fingerprint density at radius 1 is 1.00 bits per heavy atom. The van der Waals surface area contributed by atoms with Crippen molar-refractivity contribution in [3.05, 3.63) is 48.3 Å². The molecule has 1 saturated heterocycles. The third-order valence-corrected chi connectivity index (χ3v) is 4.28. The first-order valence-corrected chi connectivity index (χ1v) is 6.86. The molecule has 20 heavy (non-hydrogen) atoms. The zero-order valence-electron chi connectivity index (χ0n) is 11.6. The molecule has 0 saturated carbocycles. The van der Waals surface area contributed by atoms with Gasteiger partial charge in [0.2, 0.25) is 0 Å². The largest absolute Gasteiger partial charge is 0.463 e. The molecule has 1 fully saturated rings. The van der Waals surface area contributed by atoms with Gasteiger partial charge in [-0.25, -0.2) is 0 Å². The van der Waals surface area contributed by atoms with Gasteiger partial charge < -0.3 is 19.4 Å². The highest BCUT2D eigenvalue weighted by Gasteiger charge is 2.45. The maximum absolute atomic E-state index is 9.38. The molecule has 0 aromatic carbocycles. The van der Waals surface area contributed by atoms with Gasteiger partial charge in [0, 0.05) is 0 Å². The lowest BCUT2D eigenvalue weighted by molar-refractivity contribution is -0.750. The number of quaternary nitrogens is 1. The third-order valence-electron chi connectivity index (χ3n) is 4.28. The van der Waals surface area contributed by atoms with Crippen LogP contribution in [0, 0.1) is 11.8 Å². The number of nitrogens with zero attached hydrogens (tertiary/aromatic N) is 1. The van der Waals surface area contributed by atoms with Crippen molar-refractivity contribution >= 4 is 5.71 Å². The van der Waals surface area contributed by atoms with Gasteiger partial charge in [0.25, 0.3) is 0 Å². The molecule has 0 aliphatic carbocycles. The standard InChI is InChI=1S/C15H18N2O3/c1-9-13(17-18)10(2)15(12-6-4-8-20-12)16-14(9)11-5-3-7-19-11/h3-10,14-16,18H,1-2H3/p+1/t9-,10-,14+,15+/m1/s1. The molecule has 1 aliphatic rings. The number of furan rings is 2. The van der Waals surface area contributed by atoms with Crippen LogP contribution in [0.5, 0.6) is 0 Å². The first kappa shape index (κ1) is 13.0. The molecule has 4 atom stereocenters. The Morgan fingerprint density at radius 2 is 1.50 bits per heavy atom. The van der Waals surface area contributed by atoms with Crippen molar-refractivity contribution in [1.82, 2.24) is 0 Å². The third kappa shape index (κ3) is 2.04. The summed E-state index contributed by atoms with van der Waals surface area (Å²) >= 11 is 0. The van der Waals surface area contributed by atoms with Gasteiger partial charge in [-0.1, -0.05) is 19.0 Å². The predicted octanol–water partition coefficient (Wildman–Crippen LogP) is 2.33. The number of hydrogen-bond donors (Lipinski definition) is 2. The molecule has 106 valence electrons. The lowest BCUT2D eigenvalue weighted by atomic mass is 9.78. The van der Waals surface area contributed by atoms with Crippen LogP contribution in [0.2, 0.25) is 0 Å². The number of piperidine rings is 1. The Bertz CT molecular complexity index is 526. The van der Waals surface area contributed by atoms with E-state index in [0.717, 1.165) is 17.2 Å². The van der Waals surface area contributed by atoms with Crippen LogP contribution in [-0.2, 0) is 0 Å². The molecule has 0 spiro atoms. The summed E-state index contributed by atoms with van der Waals surface area (Å²) in [4.78, 5) is 0. The highest BCUT2D eigenvalue weighted by molar-refractivity contribution is 5.89. The number of rotatable bonds is 2. The minimum Gasteiger partial charge on any atom is -0.463 e. The SMILES string of the molecule is C[C@@H]1C(=NO)[C@@H](C)[C@@H](c2ccco2)[NH2+][C@@H]1c1ccco1. The molecule has 5 nitrogen and oxygen atoms in total. The topological polar surface area (TPSA) is 75.5 Å². The van der Waals surface area contributed by atoms with Crippen molar-refractivity contribution in [2.75, 3.05) is 0 Å². The Labute approximate surface area is 117 Å². The second-order valence-electron chi connectivity index (χ2n) is 5.38. The summed E-state index contributed by atoms with van der Waals surface area (Å²) in [7, 11) is 0. The van der Waals surface area contributed by atoms with Crippen LogP contribution in [-0.4, -0.2) is 10.9 Å². The van der Waals surface area contributed by atoms with E-state index < -0.39 is 0 Å². The highest BCUT2D eigenvalue weighted by Crippen LogP contribution is 2.33. The summed E-state index contributed by atoms with van der Waals surface area (Å²) in [5.41, 5.74) is 0.787. The Balaban J connectivity index is 1.97. The number of oxime groups is 1. The molecule has 0 amide bonds. The lowest BCUT2D eigenvalue weighted by Gasteiger charge is -2.35. The van der Waals surface area contributed by atoms with Crippen molar-refractivity contribution in [3.8, 4) is 0 Å². The summed E-state index contributed by atoms with van der Waals surface area (Å²) in [6, 6.07) is 7.85. The Morgan fingerprint density at radius 3 is 1.85 bits per heavy atom. The molecular weight excluding hydrogens is 256 g/mol. The molecule has 5 heteroatoms. The second-order valence-corrected chi connectivity index (χ2v) is 5.38. The average Bonchev–Trinajstić information content (AvgIpc) is 3.12. The molecule has 2 aromatic rings. The first-order valence-electron chi connectivity index (χ1n) is 6.86. The van der Waals surface area contributed by atoms with Gasteiger partial charge in [-0.15, -0.1) is 0 Å². The summed E-state index contributed by atoms with van der Waals surface area (Å²) in [5.74, 6) is 1.99. The molecule has 3 N–H and O–H groups in total. The van der Waals surface area contributed by atoms with Crippen molar-refractivity contribution < 1.29 is 19.4 Å². The summed E-state index contributed by atoms with van der Waals surface area (Å²) < 4.78 is 11.1. The van der Waals surface area contributed by atoms with E-state index in [2.05, 4.69) is 24.3 Å². The Kier molecular flexibility index (Phi) is 3.36. The van der Waals surface area contributed by atoms with Gasteiger partial charge in [-0.05, 0) is 24.3 Å². The summed E-state index contributed by atoms with van der Waals surface area (Å²) in [6.45, 7) is 4.13. The molecule has 1 aliphatic heterocycles. The minimum atomic E-state index is 0.0854. The van der Waals surface area contributed by atoms with Gasteiger partial charge >= 0.3 is 0 Å². The lowest BCUT2D eigenvalue weighted by Crippen LogP contribution is -2.91. The summed E-state index contributed by atoms with van der Waals surface area (Å²) in [5, 5.41) is 15.2. The van der Waals surface area contributed by atoms with Gasteiger partial charge in [0.1, 0.15) is 0 Å². The van der Waals surface area contributed by atoms with Gasteiger partial charge in [0.15, 0.2) is 23.6 Å². The number of nitrogens with two attached hydrogens (primary N) is 1. The van der Waals surface area contributed by atoms with Crippen molar-refractivity contribution in [2.24, 2.45) is 17.0 Å². The fraction of sp³-hybridized carbons (Fsp3) is 0.400. The van der Waals surface area contributed by atoms with Crippen LogP contribution in [0.15, 0.2) is 50.8 Å². The summed E-state index contributed by atoms with van der Waals surface area (Å²) in [6.07, 6.45) is 3.34. The fourth-order valence-corrected chi connectivity index (χ4v) is 3.17. The molecule has 0 unspecified atom stereocenters. The fourth-order valence-electron chi connectivity index (χ4n) is 3.17.